The molecule has 55 heavy (non-hydrogen) atoms. The van der Waals surface area contributed by atoms with Crippen molar-refractivity contribution in [2.45, 2.75) is 180 Å². The number of aliphatic hydroxyl groups excluding tert-OH is 13. The number of methoxy groups -OCH3 is 1. The van der Waals surface area contributed by atoms with Gasteiger partial charge in [0, 0.05) is 25.9 Å². The van der Waals surface area contributed by atoms with Crippen molar-refractivity contribution >= 4 is 0 Å². The molecule has 25 unspecified atom stereocenters. The van der Waals surface area contributed by atoms with Crippen LogP contribution in [0.4, 0.5) is 0 Å². The van der Waals surface area contributed by atoms with Crippen LogP contribution in [0, 0.1) is 11.8 Å². The fourth-order valence-electron chi connectivity index (χ4n) is 8.94. The first-order chi connectivity index (χ1) is 26.0. The Balaban J connectivity index is 1.23. The Bertz CT molecular complexity index is 1220. The third-order valence-corrected chi connectivity index (χ3v) is 12.2. The Kier molecular flexibility index (Phi) is 14.5. The smallest absolute Gasteiger partial charge is 0.187 e. The predicted octanol–water partition coefficient (Wildman–Crippen LogP) is -7.20. The van der Waals surface area contributed by atoms with Crippen LogP contribution in [0.3, 0.4) is 0 Å². The van der Waals surface area contributed by atoms with E-state index in [1.807, 2.05) is 0 Å². The zero-order chi connectivity index (χ0) is 40.0. The topological polar surface area (TPSA) is 340 Å². The summed E-state index contributed by atoms with van der Waals surface area (Å²) in [5.41, 5.74) is 0. The molecule has 0 spiro atoms. The fraction of sp³-hybridized carbons (Fsp3) is 1.00. The van der Waals surface area contributed by atoms with Gasteiger partial charge in [0.25, 0.3) is 0 Å². The van der Waals surface area contributed by atoms with Gasteiger partial charge in [-0.2, -0.15) is 0 Å². The molecule has 0 bridgehead atoms. The van der Waals surface area contributed by atoms with Crippen molar-refractivity contribution in [3.8, 4) is 0 Å². The lowest BCUT2D eigenvalue weighted by Crippen LogP contribution is -2.64. The fourth-order valence-corrected chi connectivity index (χ4v) is 8.94. The Hall–Kier alpha value is -0.840. The Morgan fingerprint density at radius 1 is 0.564 bits per heavy atom. The maximum Gasteiger partial charge on any atom is 0.187 e. The average Bonchev–Trinajstić information content (AvgIpc) is 3.16. The quantitative estimate of drug-likeness (QED) is 0.0913. The molecule has 0 aromatic heterocycles. The van der Waals surface area contributed by atoms with Gasteiger partial charge in [0.15, 0.2) is 31.1 Å². The molecule has 21 heteroatoms. The molecule has 6 fully saturated rings. The van der Waals surface area contributed by atoms with Crippen LogP contribution < -0.4 is 0 Å². The summed E-state index contributed by atoms with van der Waals surface area (Å²) in [7, 11) is 1.39. The number of rotatable bonds is 10. The minimum atomic E-state index is -1.82. The van der Waals surface area contributed by atoms with Crippen molar-refractivity contribution in [1.29, 1.82) is 0 Å². The van der Waals surface area contributed by atoms with Crippen molar-refractivity contribution in [2.75, 3.05) is 20.3 Å². The molecule has 0 radical (unpaired) electrons. The van der Waals surface area contributed by atoms with Gasteiger partial charge >= 0.3 is 0 Å². The first-order valence-corrected chi connectivity index (χ1v) is 18.9. The van der Waals surface area contributed by atoms with E-state index in [1.165, 1.54) is 14.0 Å². The van der Waals surface area contributed by atoms with Gasteiger partial charge in [-0.05, 0) is 26.2 Å². The minimum Gasteiger partial charge on any atom is -0.427 e. The molecule has 14 N–H and O–H groups in total. The van der Waals surface area contributed by atoms with E-state index in [9.17, 15) is 66.4 Å². The first-order valence-electron chi connectivity index (χ1n) is 18.9. The van der Waals surface area contributed by atoms with E-state index in [4.69, 9.17) is 37.9 Å². The number of hydrogen-bond donors (Lipinski definition) is 13. The molecule has 320 valence electrons. The number of hydrogen-bond acceptors (Lipinski definition) is 20. The van der Waals surface area contributed by atoms with Crippen LogP contribution in [0.1, 0.15) is 39.0 Å². The summed E-state index contributed by atoms with van der Waals surface area (Å²) in [6.07, 6.45) is -29.8. The highest BCUT2D eigenvalue weighted by atomic mass is 16.7. The summed E-state index contributed by atoms with van der Waals surface area (Å²) in [6, 6.07) is 0. The third-order valence-electron chi connectivity index (χ3n) is 12.2. The number of aliphatic hydroxyl groups is 15. The number of fused-ring (bicyclic) bond motifs is 1. The van der Waals surface area contributed by atoms with Crippen molar-refractivity contribution < 1.29 is 104 Å². The van der Waals surface area contributed by atoms with Gasteiger partial charge in [-0.25, -0.2) is 0 Å². The Labute approximate surface area is 316 Å². The van der Waals surface area contributed by atoms with Crippen LogP contribution in [-0.4, -0.2) is 232 Å². The van der Waals surface area contributed by atoms with E-state index in [0.717, 1.165) is 0 Å². The van der Waals surface area contributed by atoms with E-state index in [1.54, 1.807) is 0 Å². The lowest BCUT2D eigenvalue weighted by atomic mass is 9.72. The highest BCUT2D eigenvalue weighted by Crippen LogP contribution is 2.44. The van der Waals surface area contributed by atoms with Crippen LogP contribution in [0.2, 0.25) is 0 Å². The second kappa shape index (κ2) is 18.2. The first kappa shape index (κ1) is 43.7. The molecule has 4 heterocycles. The third kappa shape index (κ3) is 9.03. The molecular formula is C34H59O21+. The van der Waals surface area contributed by atoms with Gasteiger partial charge in [-0.3, -0.25) is 0 Å². The van der Waals surface area contributed by atoms with Gasteiger partial charge in [0.05, 0.1) is 49.7 Å². The molecule has 25 atom stereocenters. The zero-order valence-electron chi connectivity index (χ0n) is 30.5. The summed E-state index contributed by atoms with van der Waals surface area (Å²) in [5.74, 6) is -1.03. The molecular weight excluding hydrogens is 744 g/mol. The standard InChI is InChI=1S/C34H58O21/c1-10-21(38)25(42)28(45)32(50-10)49-9-20-24(41)27(44)30(47)34(55-20)53-18-7-13-15(51-31(18)11-3-14(37)22(39)17(4-11)48-2)5-12(36)6-16(13)52-33-29(46)26(43)23(40)19(8-35)54-33/h10-47H,3-9H2,1-2H3/p+1. The maximum atomic E-state index is 11.1. The Morgan fingerprint density at radius 3 is 1.78 bits per heavy atom. The van der Waals surface area contributed by atoms with Crippen molar-refractivity contribution in [3.63, 3.8) is 0 Å². The van der Waals surface area contributed by atoms with Gasteiger partial charge in [-0.15, -0.1) is 0 Å². The lowest BCUT2D eigenvalue weighted by molar-refractivity contribution is -0.371. The van der Waals surface area contributed by atoms with E-state index in [-0.39, 0.29) is 32.1 Å². The minimum absolute atomic E-state index is 0.0372. The lowest BCUT2D eigenvalue weighted by Gasteiger charge is -2.50. The van der Waals surface area contributed by atoms with Crippen molar-refractivity contribution in [2.24, 2.45) is 11.8 Å². The summed E-state index contributed by atoms with van der Waals surface area (Å²) in [4.78, 5) is 0. The van der Waals surface area contributed by atoms with Crippen molar-refractivity contribution in [1.82, 2.24) is 0 Å². The molecule has 6 rings (SSSR count). The highest BCUT2D eigenvalue weighted by Gasteiger charge is 2.57. The van der Waals surface area contributed by atoms with Crippen LogP contribution in [0.15, 0.2) is 0 Å². The molecule has 4 aliphatic heterocycles. The summed E-state index contributed by atoms with van der Waals surface area (Å²) < 4.78 is 45.7. The SMILES string of the molecule is COC1CC(C2[OH+]C3CC(O)CC(OC4OC(CO)C(O)C(O)C4O)C3CC2OC2OC(COC3OC(C)C(O)C(O)C3O)C(O)C(O)C2O)CC(O)C1O. The molecule has 0 aromatic rings. The number of ether oxygens (including phenoxy) is 8. The highest BCUT2D eigenvalue weighted by molar-refractivity contribution is 5.01. The summed E-state index contributed by atoms with van der Waals surface area (Å²) in [6.45, 7) is 0.242. The average molecular weight is 804 g/mol. The van der Waals surface area contributed by atoms with E-state index in [0.29, 0.717) is 0 Å². The largest absolute Gasteiger partial charge is 0.427 e. The second-order valence-corrected chi connectivity index (χ2v) is 15.9. The van der Waals surface area contributed by atoms with Gasteiger partial charge in [0.2, 0.25) is 0 Å². The van der Waals surface area contributed by atoms with Crippen LogP contribution in [0.25, 0.3) is 0 Å². The maximum absolute atomic E-state index is 11.1. The van der Waals surface area contributed by atoms with E-state index >= 15 is 0 Å². The van der Waals surface area contributed by atoms with Crippen LogP contribution >= 0.6 is 0 Å². The molecule has 21 nitrogen and oxygen atoms in total. The van der Waals surface area contributed by atoms with Crippen molar-refractivity contribution in [3.05, 3.63) is 0 Å². The molecule has 2 saturated carbocycles. The molecule has 0 aromatic carbocycles. The molecule has 4 saturated heterocycles. The molecule has 0 amide bonds. The van der Waals surface area contributed by atoms with Gasteiger partial charge < -0.3 is 104 Å². The predicted molar refractivity (Wildman–Crippen MR) is 177 cm³/mol. The molecule has 6 aliphatic rings. The van der Waals surface area contributed by atoms with E-state index < -0.39 is 166 Å². The second-order valence-electron chi connectivity index (χ2n) is 15.9. The zero-order valence-corrected chi connectivity index (χ0v) is 30.5. The van der Waals surface area contributed by atoms with Crippen LogP contribution in [0.5, 0.6) is 0 Å². The monoisotopic (exact) mass is 803 g/mol. The Morgan fingerprint density at radius 2 is 1.15 bits per heavy atom. The molecule has 2 aliphatic carbocycles. The van der Waals surface area contributed by atoms with Gasteiger partial charge in [-0.1, -0.05) is 0 Å². The van der Waals surface area contributed by atoms with E-state index in [2.05, 4.69) is 0 Å². The van der Waals surface area contributed by atoms with Crippen LogP contribution in [-0.2, 0) is 33.2 Å². The summed E-state index contributed by atoms with van der Waals surface area (Å²) >= 11 is 0. The van der Waals surface area contributed by atoms with Gasteiger partial charge in [0.1, 0.15) is 79.4 Å². The normalized spacial score (nSPS) is 55.1. The summed E-state index contributed by atoms with van der Waals surface area (Å²) in [5, 5.41) is 137.